The van der Waals surface area contributed by atoms with Crippen LogP contribution in [-0.2, 0) is 14.3 Å². The van der Waals surface area contributed by atoms with Gasteiger partial charge in [-0.25, -0.2) is 0 Å². The van der Waals surface area contributed by atoms with E-state index < -0.39 is 49.5 Å². The molecule has 1 amide bonds. The standard InChI is InChI=1S/C73H135NO8/c1-3-5-7-9-11-13-15-17-19-21-23-25-27-29-31-33-35-36-38-40-42-44-46-48-50-52-54-56-58-60-62-67(76)66(65-81-73-72(80)71(79)70(78)68(64-75)82-73)74-69(77)63-61-59-57-55-53-51-49-47-45-43-41-39-37-34-32-30-28-26-24-22-20-18-16-14-12-10-8-6-4-2/h16,18,22,24,28,30,52,54,60,62,66-68,70-73,75-76,78-80H,3-15,17,19-21,23,25-27,29,31-51,53,55-59,61,63-65H2,1-2H3,(H,74,77)/b18-16-,24-22-,30-28-,54-52+,62-60+. The van der Waals surface area contributed by atoms with Crippen LogP contribution in [0.2, 0.25) is 0 Å². The Bertz CT molecular complexity index is 1480. The molecule has 1 saturated heterocycles. The predicted octanol–water partition coefficient (Wildman–Crippen LogP) is 19.4. The van der Waals surface area contributed by atoms with Gasteiger partial charge in [-0.1, -0.05) is 325 Å². The summed E-state index contributed by atoms with van der Waals surface area (Å²) in [7, 11) is 0. The smallest absolute Gasteiger partial charge is 0.220 e. The SMILES string of the molecule is CCCCCCC/C=C\C/C=C\C/C=C\CCCCCCCCCCCCCCCCC(=O)NC(COC1OC(CO)C(O)C(O)C1O)C(O)/C=C/CC/C=C/CCCCCCCCCCCCCCCCCCCCCCCCCC. The maximum atomic E-state index is 13.1. The van der Waals surface area contributed by atoms with E-state index in [0.717, 1.165) is 51.4 Å². The van der Waals surface area contributed by atoms with Crippen molar-refractivity contribution >= 4 is 5.91 Å². The van der Waals surface area contributed by atoms with Crippen LogP contribution in [-0.4, -0.2) is 87.5 Å². The van der Waals surface area contributed by atoms with Crippen molar-refractivity contribution in [1.29, 1.82) is 0 Å². The number of amides is 1. The van der Waals surface area contributed by atoms with E-state index in [1.165, 1.54) is 270 Å². The highest BCUT2D eigenvalue weighted by molar-refractivity contribution is 5.76. The van der Waals surface area contributed by atoms with Crippen LogP contribution in [0.5, 0.6) is 0 Å². The summed E-state index contributed by atoms with van der Waals surface area (Å²) in [5, 5.41) is 54.8. The lowest BCUT2D eigenvalue weighted by atomic mass is 9.99. The average molecular weight is 1150 g/mol. The molecule has 480 valence electrons. The summed E-state index contributed by atoms with van der Waals surface area (Å²) >= 11 is 0. The van der Waals surface area contributed by atoms with Gasteiger partial charge in [0.05, 0.1) is 25.4 Å². The number of hydrogen-bond donors (Lipinski definition) is 6. The first-order valence-electron chi connectivity index (χ1n) is 35.5. The molecule has 7 atom stereocenters. The highest BCUT2D eigenvalue weighted by Gasteiger charge is 2.44. The molecule has 0 bridgehead atoms. The number of allylic oxidation sites excluding steroid dienone is 9. The fourth-order valence-electron chi connectivity index (χ4n) is 11.2. The maximum Gasteiger partial charge on any atom is 0.220 e. The van der Waals surface area contributed by atoms with Gasteiger partial charge >= 0.3 is 0 Å². The lowest BCUT2D eigenvalue weighted by Gasteiger charge is -2.40. The summed E-state index contributed by atoms with van der Waals surface area (Å²) < 4.78 is 11.3. The number of ether oxygens (including phenoxy) is 2. The van der Waals surface area contributed by atoms with Crippen molar-refractivity contribution < 1.29 is 39.8 Å². The number of unbranched alkanes of at least 4 members (excludes halogenated alkanes) is 44. The molecular formula is C73H135NO8. The zero-order valence-corrected chi connectivity index (χ0v) is 53.8. The van der Waals surface area contributed by atoms with Gasteiger partial charge in [-0.05, 0) is 70.6 Å². The first kappa shape index (κ1) is 77.9. The number of rotatable bonds is 62. The number of hydrogen-bond acceptors (Lipinski definition) is 8. The van der Waals surface area contributed by atoms with Crippen LogP contribution >= 0.6 is 0 Å². The van der Waals surface area contributed by atoms with E-state index in [4.69, 9.17) is 9.47 Å². The minimum atomic E-state index is -1.58. The highest BCUT2D eigenvalue weighted by Crippen LogP contribution is 2.23. The predicted molar refractivity (Wildman–Crippen MR) is 350 cm³/mol. The minimum Gasteiger partial charge on any atom is -0.394 e. The summed E-state index contributed by atoms with van der Waals surface area (Å²) in [6, 6.07) is -0.826. The third-order valence-corrected chi connectivity index (χ3v) is 16.8. The van der Waals surface area contributed by atoms with Gasteiger partial charge in [0, 0.05) is 6.42 Å². The number of aliphatic hydroxyl groups excluding tert-OH is 5. The molecular weight excluding hydrogens is 1020 g/mol. The third kappa shape index (κ3) is 50.1. The first-order chi connectivity index (χ1) is 40.3. The van der Waals surface area contributed by atoms with Crippen LogP contribution in [0.15, 0.2) is 60.8 Å². The molecule has 0 aromatic carbocycles. The van der Waals surface area contributed by atoms with Crippen LogP contribution in [0.3, 0.4) is 0 Å². The molecule has 1 heterocycles. The summed E-state index contributed by atoms with van der Waals surface area (Å²) in [6.45, 7) is 3.79. The van der Waals surface area contributed by atoms with Gasteiger partial charge in [0.15, 0.2) is 6.29 Å². The Balaban J connectivity index is 2.15. The van der Waals surface area contributed by atoms with Crippen LogP contribution < -0.4 is 5.32 Å². The van der Waals surface area contributed by atoms with Crippen molar-refractivity contribution in [2.75, 3.05) is 13.2 Å². The lowest BCUT2D eigenvalue weighted by molar-refractivity contribution is -0.302. The molecule has 0 saturated carbocycles. The molecule has 0 spiro atoms. The molecule has 1 aliphatic rings. The minimum absolute atomic E-state index is 0.184. The molecule has 9 heteroatoms. The third-order valence-electron chi connectivity index (χ3n) is 16.8. The Hall–Kier alpha value is -2.11. The fourth-order valence-corrected chi connectivity index (χ4v) is 11.2. The van der Waals surface area contributed by atoms with E-state index in [0.29, 0.717) is 6.42 Å². The van der Waals surface area contributed by atoms with Crippen molar-refractivity contribution in [1.82, 2.24) is 5.32 Å². The van der Waals surface area contributed by atoms with Crippen molar-refractivity contribution in [2.24, 2.45) is 0 Å². The molecule has 82 heavy (non-hydrogen) atoms. The maximum absolute atomic E-state index is 13.1. The van der Waals surface area contributed by atoms with Gasteiger partial charge in [0.2, 0.25) is 5.91 Å². The highest BCUT2D eigenvalue weighted by atomic mass is 16.7. The molecule has 0 radical (unpaired) electrons. The molecule has 0 aromatic heterocycles. The fraction of sp³-hybridized carbons (Fsp3) is 0.849. The monoisotopic (exact) mass is 1150 g/mol. The molecule has 6 N–H and O–H groups in total. The normalized spacial score (nSPS) is 18.6. The van der Waals surface area contributed by atoms with Gasteiger partial charge < -0.3 is 40.3 Å². The summed E-state index contributed by atoms with van der Waals surface area (Å²) in [4.78, 5) is 13.1. The van der Waals surface area contributed by atoms with Gasteiger partial charge in [0.1, 0.15) is 24.4 Å². The van der Waals surface area contributed by atoms with Crippen LogP contribution in [0.25, 0.3) is 0 Å². The zero-order valence-electron chi connectivity index (χ0n) is 53.8. The quantitative estimate of drug-likeness (QED) is 0.0261. The van der Waals surface area contributed by atoms with E-state index in [-0.39, 0.29) is 12.5 Å². The van der Waals surface area contributed by atoms with Crippen molar-refractivity contribution in [3.05, 3.63) is 60.8 Å². The van der Waals surface area contributed by atoms with Crippen molar-refractivity contribution in [3.63, 3.8) is 0 Å². The van der Waals surface area contributed by atoms with Crippen LogP contribution in [0.4, 0.5) is 0 Å². The van der Waals surface area contributed by atoms with E-state index in [9.17, 15) is 30.3 Å². The van der Waals surface area contributed by atoms with Gasteiger partial charge in [-0.3, -0.25) is 4.79 Å². The second kappa shape index (κ2) is 62.0. The molecule has 1 rings (SSSR count). The molecule has 0 aliphatic carbocycles. The Morgan fingerprint density at radius 3 is 1.11 bits per heavy atom. The number of aliphatic hydroxyl groups is 5. The zero-order chi connectivity index (χ0) is 59.3. The van der Waals surface area contributed by atoms with Crippen LogP contribution in [0.1, 0.15) is 341 Å². The summed E-state index contributed by atoms with van der Waals surface area (Å²) in [5.74, 6) is -0.184. The Kier molecular flexibility index (Phi) is 58.9. The molecule has 7 unspecified atom stereocenters. The van der Waals surface area contributed by atoms with Crippen molar-refractivity contribution in [2.45, 2.75) is 384 Å². The number of carbonyl (C=O) groups is 1. The summed E-state index contributed by atoms with van der Waals surface area (Å²) in [6.07, 6.45) is 79.0. The Labute approximate surface area is 506 Å². The van der Waals surface area contributed by atoms with E-state index in [1.54, 1.807) is 6.08 Å². The molecule has 0 aromatic rings. The molecule has 9 nitrogen and oxygen atoms in total. The van der Waals surface area contributed by atoms with Gasteiger partial charge in [0.25, 0.3) is 0 Å². The van der Waals surface area contributed by atoms with Gasteiger partial charge in [-0.2, -0.15) is 0 Å². The summed E-state index contributed by atoms with van der Waals surface area (Å²) in [5.41, 5.74) is 0. The molecule has 1 fully saturated rings. The Morgan fingerprint density at radius 2 is 0.732 bits per heavy atom. The second-order valence-electron chi connectivity index (χ2n) is 24.7. The Morgan fingerprint density at radius 1 is 0.415 bits per heavy atom. The lowest BCUT2D eigenvalue weighted by Crippen LogP contribution is -2.60. The van der Waals surface area contributed by atoms with Crippen LogP contribution in [0, 0.1) is 0 Å². The van der Waals surface area contributed by atoms with Gasteiger partial charge in [-0.15, -0.1) is 0 Å². The second-order valence-corrected chi connectivity index (χ2v) is 24.7. The number of carbonyl (C=O) groups excluding carboxylic acids is 1. The van der Waals surface area contributed by atoms with E-state index in [2.05, 4.69) is 67.8 Å². The first-order valence-corrected chi connectivity index (χ1v) is 35.5. The van der Waals surface area contributed by atoms with E-state index >= 15 is 0 Å². The largest absolute Gasteiger partial charge is 0.394 e. The molecule has 1 aliphatic heterocycles. The average Bonchev–Trinajstić information content (AvgIpc) is 3.57. The topological polar surface area (TPSA) is 149 Å². The van der Waals surface area contributed by atoms with Crippen molar-refractivity contribution in [3.8, 4) is 0 Å². The number of nitrogens with one attached hydrogen (secondary N) is 1. The van der Waals surface area contributed by atoms with E-state index in [1.807, 2.05) is 6.08 Å².